The highest BCUT2D eigenvalue weighted by atomic mass is 16.5. The molecule has 0 saturated carbocycles. The van der Waals surface area contributed by atoms with Gasteiger partial charge in [0.25, 0.3) is 5.91 Å². The molecule has 2 aromatic carbocycles. The highest BCUT2D eigenvalue weighted by Gasteiger charge is 2.20. The monoisotopic (exact) mass is 321 g/mol. The minimum atomic E-state index is -0.953. The van der Waals surface area contributed by atoms with Gasteiger partial charge in [-0.05, 0) is 31.2 Å². The first-order valence-corrected chi connectivity index (χ1v) is 7.42. The van der Waals surface area contributed by atoms with Crippen LogP contribution in [0.5, 0.6) is 0 Å². The van der Waals surface area contributed by atoms with Gasteiger partial charge in [0.15, 0.2) is 11.8 Å². The lowest BCUT2D eigenvalue weighted by Crippen LogP contribution is -2.30. The largest absolute Gasteiger partial charge is 0.448 e. The van der Waals surface area contributed by atoms with Gasteiger partial charge < -0.3 is 10.1 Å². The maximum Gasteiger partial charge on any atom is 0.359 e. The number of hydrogen-bond donors (Lipinski definition) is 1. The molecule has 3 rings (SSSR count). The Hall–Kier alpha value is -3.28. The number of esters is 1. The van der Waals surface area contributed by atoms with Crippen LogP contribution in [-0.2, 0) is 9.53 Å². The SMILES string of the molecule is CC(OC(=O)c1cnc2ccccc2n1)C(=O)Nc1ccccc1. The number of benzene rings is 2. The maximum atomic E-state index is 12.2. The van der Waals surface area contributed by atoms with Crippen LogP contribution in [0, 0.1) is 0 Å². The molecule has 0 spiro atoms. The van der Waals surface area contributed by atoms with Gasteiger partial charge >= 0.3 is 5.97 Å². The van der Waals surface area contributed by atoms with Crippen molar-refractivity contribution in [3.05, 3.63) is 66.5 Å². The van der Waals surface area contributed by atoms with Crippen LogP contribution in [0.1, 0.15) is 17.4 Å². The molecule has 0 saturated heterocycles. The number of ether oxygens (including phenoxy) is 1. The van der Waals surface area contributed by atoms with Crippen molar-refractivity contribution in [1.82, 2.24) is 9.97 Å². The van der Waals surface area contributed by atoms with Gasteiger partial charge in [0, 0.05) is 5.69 Å². The first kappa shape index (κ1) is 15.6. The number of aromatic nitrogens is 2. The van der Waals surface area contributed by atoms with E-state index in [9.17, 15) is 9.59 Å². The van der Waals surface area contributed by atoms with E-state index in [1.54, 1.807) is 36.4 Å². The quantitative estimate of drug-likeness (QED) is 0.747. The van der Waals surface area contributed by atoms with Crippen molar-refractivity contribution in [2.75, 3.05) is 5.32 Å². The number of fused-ring (bicyclic) bond motifs is 1. The zero-order valence-electron chi connectivity index (χ0n) is 13.0. The number of anilines is 1. The van der Waals surface area contributed by atoms with Crippen LogP contribution in [0.3, 0.4) is 0 Å². The van der Waals surface area contributed by atoms with Gasteiger partial charge in [-0.25, -0.2) is 9.78 Å². The molecule has 120 valence electrons. The molecule has 1 N–H and O–H groups in total. The van der Waals surface area contributed by atoms with E-state index in [0.717, 1.165) is 0 Å². The second-order valence-electron chi connectivity index (χ2n) is 5.15. The summed E-state index contributed by atoms with van der Waals surface area (Å²) in [4.78, 5) is 32.6. The van der Waals surface area contributed by atoms with Crippen LogP contribution in [-0.4, -0.2) is 27.9 Å². The highest BCUT2D eigenvalue weighted by Crippen LogP contribution is 2.11. The number of para-hydroxylation sites is 3. The number of hydrogen-bond acceptors (Lipinski definition) is 5. The zero-order valence-corrected chi connectivity index (χ0v) is 13.0. The van der Waals surface area contributed by atoms with Gasteiger partial charge in [-0.15, -0.1) is 0 Å². The van der Waals surface area contributed by atoms with Gasteiger partial charge in [0.05, 0.1) is 17.2 Å². The Bertz CT molecular complexity index is 881. The molecule has 1 unspecified atom stereocenters. The van der Waals surface area contributed by atoms with Gasteiger partial charge in [-0.1, -0.05) is 30.3 Å². The lowest BCUT2D eigenvalue weighted by molar-refractivity contribution is -0.123. The molecule has 6 heteroatoms. The lowest BCUT2D eigenvalue weighted by Gasteiger charge is -2.13. The summed E-state index contributed by atoms with van der Waals surface area (Å²) in [7, 11) is 0. The molecular weight excluding hydrogens is 306 g/mol. The second kappa shape index (κ2) is 6.87. The number of carbonyl (C=O) groups excluding carboxylic acids is 2. The molecular formula is C18H15N3O3. The summed E-state index contributed by atoms with van der Waals surface area (Å²) in [6.07, 6.45) is 0.387. The molecule has 1 aromatic heterocycles. The van der Waals surface area contributed by atoms with E-state index < -0.39 is 18.0 Å². The summed E-state index contributed by atoms with van der Waals surface area (Å²) < 4.78 is 5.17. The molecule has 24 heavy (non-hydrogen) atoms. The van der Waals surface area contributed by atoms with Gasteiger partial charge in [0.1, 0.15) is 0 Å². The van der Waals surface area contributed by atoms with Gasteiger partial charge in [-0.2, -0.15) is 0 Å². The van der Waals surface area contributed by atoms with E-state index in [4.69, 9.17) is 4.74 Å². The van der Waals surface area contributed by atoms with Crippen LogP contribution in [0.15, 0.2) is 60.8 Å². The summed E-state index contributed by atoms with van der Waals surface area (Å²) in [5.41, 5.74) is 1.97. The summed E-state index contributed by atoms with van der Waals surface area (Å²) in [5.74, 6) is -1.10. The fourth-order valence-electron chi connectivity index (χ4n) is 2.10. The van der Waals surface area contributed by atoms with Crippen LogP contribution < -0.4 is 5.32 Å². The Morgan fingerprint density at radius 1 is 1.00 bits per heavy atom. The second-order valence-corrected chi connectivity index (χ2v) is 5.15. The van der Waals surface area contributed by atoms with E-state index >= 15 is 0 Å². The van der Waals surface area contributed by atoms with Crippen LogP contribution >= 0.6 is 0 Å². The molecule has 0 radical (unpaired) electrons. The Morgan fingerprint density at radius 2 is 1.67 bits per heavy atom. The van der Waals surface area contributed by atoms with Crippen molar-refractivity contribution >= 4 is 28.6 Å². The topological polar surface area (TPSA) is 81.2 Å². The number of nitrogens with one attached hydrogen (secondary N) is 1. The lowest BCUT2D eigenvalue weighted by atomic mass is 10.3. The fourth-order valence-corrected chi connectivity index (χ4v) is 2.10. The van der Waals surface area contributed by atoms with E-state index in [1.165, 1.54) is 13.1 Å². The molecule has 0 aliphatic heterocycles. The molecule has 1 heterocycles. The first-order chi connectivity index (χ1) is 11.6. The Kier molecular flexibility index (Phi) is 4.47. The molecule has 1 amide bonds. The molecule has 6 nitrogen and oxygen atoms in total. The molecule has 0 aliphatic carbocycles. The van der Waals surface area contributed by atoms with E-state index in [2.05, 4.69) is 15.3 Å². The number of amides is 1. The van der Waals surface area contributed by atoms with Crippen LogP contribution in [0.25, 0.3) is 11.0 Å². The third-order valence-corrected chi connectivity index (χ3v) is 3.35. The van der Waals surface area contributed by atoms with Crippen LogP contribution in [0.4, 0.5) is 5.69 Å². The summed E-state index contributed by atoms with van der Waals surface area (Å²) in [6, 6.07) is 16.2. The van der Waals surface area contributed by atoms with Crippen molar-refractivity contribution in [2.45, 2.75) is 13.0 Å². The first-order valence-electron chi connectivity index (χ1n) is 7.42. The molecule has 0 fully saturated rings. The highest BCUT2D eigenvalue weighted by molar-refractivity contribution is 5.97. The summed E-state index contributed by atoms with van der Waals surface area (Å²) in [5, 5.41) is 2.68. The fraction of sp³-hybridized carbons (Fsp3) is 0.111. The van der Waals surface area contributed by atoms with Crippen molar-refractivity contribution < 1.29 is 14.3 Å². The van der Waals surface area contributed by atoms with E-state index in [-0.39, 0.29) is 5.69 Å². The smallest absolute Gasteiger partial charge is 0.359 e. The third kappa shape index (κ3) is 3.55. The number of carbonyl (C=O) groups is 2. The summed E-state index contributed by atoms with van der Waals surface area (Å²) >= 11 is 0. The zero-order chi connectivity index (χ0) is 16.9. The average molecular weight is 321 g/mol. The van der Waals surface area contributed by atoms with Crippen molar-refractivity contribution in [3.8, 4) is 0 Å². The van der Waals surface area contributed by atoms with E-state index in [1.807, 2.05) is 18.2 Å². The number of rotatable bonds is 4. The van der Waals surface area contributed by atoms with Crippen molar-refractivity contribution in [3.63, 3.8) is 0 Å². The normalized spacial score (nSPS) is 11.7. The Balaban J connectivity index is 1.67. The number of nitrogens with zero attached hydrogens (tertiary/aromatic N) is 2. The minimum absolute atomic E-state index is 0.0630. The van der Waals surface area contributed by atoms with Gasteiger partial charge in [0.2, 0.25) is 0 Å². The standard InChI is InChI=1S/C18H15N3O3/c1-12(17(22)20-13-7-3-2-4-8-13)24-18(23)16-11-19-14-9-5-6-10-15(14)21-16/h2-12H,1H3,(H,20,22). The maximum absolute atomic E-state index is 12.2. The predicted molar refractivity (Wildman–Crippen MR) is 89.5 cm³/mol. The molecule has 1 atom stereocenters. The molecule has 3 aromatic rings. The Labute approximate surface area is 138 Å². The predicted octanol–water partition coefficient (Wildman–Crippen LogP) is 2.81. The minimum Gasteiger partial charge on any atom is -0.448 e. The third-order valence-electron chi connectivity index (χ3n) is 3.35. The van der Waals surface area contributed by atoms with E-state index in [0.29, 0.717) is 16.7 Å². The van der Waals surface area contributed by atoms with Crippen molar-refractivity contribution in [2.24, 2.45) is 0 Å². The molecule has 0 bridgehead atoms. The Morgan fingerprint density at radius 3 is 2.42 bits per heavy atom. The average Bonchev–Trinajstić information content (AvgIpc) is 2.62. The van der Waals surface area contributed by atoms with Crippen LogP contribution in [0.2, 0.25) is 0 Å². The molecule has 0 aliphatic rings. The van der Waals surface area contributed by atoms with Crippen molar-refractivity contribution in [1.29, 1.82) is 0 Å². The van der Waals surface area contributed by atoms with Gasteiger partial charge in [-0.3, -0.25) is 9.78 Å². The summed E-state index contributed by atoms with van der Waals surface area (Å²) in [6.45, 7) is 1.50.